The van der Waals surface area contributed by atoms with Gasteiger partial charge in [-0.2, -0.15) is 0 Å². The Morgan fingerprint density at radius 3 is 2.68 bits per heavy atom. The van der Waals surface area contributed by atoms with E-state index in [1.165, 1.54) is 34.4 Å². The molecule has 2 heterocycles. The van der Waals surface area contributed by atoms with Crippen molar-refractivity contribution in [2.45, 2.75) is 30.6 Å². The van der Waals surface area contributed by atoms with Crippen molar-refractivity contribution in [1.82, 2.24) is 9.38 Å². The maximum Gasteiger partial charge on any atom is 0.319 e. The summed E-state index contributed by atoms with van der Waals surface area (Å²) in [7, 11) is 0. The third-order valence-electron chi connectivity index (χ3n) is 3.92. The molecule has 0 aliphatic rings. The van der Waals surface area contributed by atoms with E-state index >= 15 is 0 Å². The number of esters is 1. The third-order valence-corrected chi connectivity index (χ3v) is 5.01. The van der Waals surface area contributed by atoms with Gasteiger partial charge in [0.1, 0.15) is 17.5 Å². The minimum atomic E-state index is -0.523. The lowest BCUT2D eigenvalue weighted by Gasteiger charge is -2.11. The maximum absolute atomic E-state index is 12.2. The molecule has 0 aliphatic heterocycles. The summed E-state index contributed by atoms with van der Waals surface area (Å²) < 4.78 is 6.71. The van der Waals surface area contributed by atoms with Gasteiger partial charge in [-0.1, -0.05) is 6.07 Å². The first kappa shape index (κ1) is 19.6. The van der Waals surface area contributed by atoms with E-state index in [0.29, 0.717) is 16.2 Å². The van der Waals surface area contributed by atoms with Crippen molar-refractivity contribution < 1.29 is 14.5 Å². The lowest BCUT2D eigenvalue weighted by atomic mass is 10.3. The molecular formula is C19H17N3O5S. The molecule has 3 aromatic rings. The first-order valence-corrected chi connectivity index (χ1v) is 9.28. The highest BCUT2D eigenvalue weighted by Crippen LogP contribution is 2.26. The molecule has 0 radical (unpaired) electrons. The Morgan fingerprint density at radius 1 is 1.29 bits per heavy atom. The second-order valence-corrected chi connectivity index (χ2v) is 7.55. The van der Waals surface area contributed by atoms with Gasteiger partial charge in [0, 0.05) is 29.3 Å². The molecule has 144 valence electrons. The van der Waals surface area contributed by atoms with Gasteiger partial charge in [-0.25, -0.2) is 4.98 Å². The van der Waals surface area contributed by atoms with Crippen molar-refractivity contribution >= 4 is 29.1 Å². The molecule has 0 aliphatic carbocycles. The lowest BCUT2D eigenvalue weighted by molar-refractivity contribution is -0.384. The highest BCUT2D eigenvalue weighted by atomic mass is 32.2. The normalized spacial score (nSPS) is 11.9. The zero-order valence-corrected chi connectivity index (χ0v) is 16.0. The number of pyridine rings is 1. The molecule has 0 amide bonds. The number of carbonyl (C=O) groups is 1. The summed E-state index contributed by atoms with van der Waals surface area (Å²) in [6.07, 6.45) is 1.70. The molecule has 1 atom stereocenters. The Balaban J connectivity index is 1.63. The van der Waals surface area contributed by atoms with Gasteiger partial charge < -0.3 is 4.74 Å². The number of thioether (sulfide) groups is 1. The average Bonchev–Trinajstić information content (AvgIpc) is 2.67. The number of hydrogen-bond donors (Lipinski definition) is 0. The zero-order chi connectivity index (χ0) is 20.3. The van der Waals surface area contributed by atoms with Crippen LogP contribution < -0.4 is 5.56 Å². The van der Waals surface area contributed by atoms with Crippen LogP contribution in [0.4, 0.5) is 5.69 Å². The third kappa shape index (κ3) is 4.55. The molecule has 0 fully saturated rings. The fraction of sp³-hybridized carbons (Fsp3) is 0.211. The van der Waals surface area contributed by atoms with Crippen LogP contribution in [0.1, 0.15) is 18.2 Å². The number of rotatable bonds is 6. The van der Waals surface area contributed by atoms with Crippen LogP contribution in [-0.2, 0) is 16.1 Å². The van der Waals surface area contributed by atoms with Gasteiger partial charge in [-0.3, -0.25) is 24.1 Å². The topological polar surface area (TPSA) is 104 Å². The first-order chi connectivity index (χ1) is 13.3. The van der Waals surface area contributed by atoms with E-state index in [1.54, 1.807) is 31.3 Å². The van der Waals surface area contributed by atoms with Gasteiger partial charge in [0.25, 0.3) is 11.2 Å². The second kappa shape index (κ2) is 8.22. The van der Waals surface area contributed by atoms with Crippen molar-refractivity contribution in [3.8, 4) is 0 Å². The number of aromatic nitrogens is 2. The fourth-order valence-electron chi connectivity index (χ4n) is 2.49. The summed E-state index contributed by atoms with van der Waals surface area (Å²) in [6, 6.07) is 10.9. The number of nitro groups is 1. The molecule has 8 nitrogen and oxygen atoms in total. The van der Waals surface area contributed by atoms with Gasteiger partial charge in [-0.05, 0) is 37.6 Å². The number of nitrogens with zero attached hydrogens (tertiary/aromatic N) is 3. The monoisotopic (exact) mass is 399 g/mol. The smallest absolute Gasteiger partial charge is 0.319 e. The van der Waals surface area contributed by atoms with Gasteiger partial charge in [0.15, 0.2) is 0 Å². The zero-order valence-electron chi connectivity index (χ0n) is 15.2. The molecule has 0 bridgehead atoms. The Bertz CT molecular complexity index is 1090. The van der Waals surface area contributed by atoms with E-state index in [9.17, 15) is 19.7 Å². The van der Waals surface area contributed by atoms with Crippen LogP contribution in [0.3, 0.4) is 0 Å². The number of non-ortho nitro benzene ring substituents is 1. The molecule has 0 saturated heterocycles. The number of benzene rings is 1. The number of hydrogen-bond acceptors (Lipinski definition) is 7. The van der Waals surface area contributed by atoms with Gasteiger partial charge in [0.2, 0.25) is 0 Å². The average molecular weight is 399 g/mol. The highest BCUT2D eigenvalue weighted by molar-refractivity contribution is 8.00. The quantitative estimate of drug-likeness (QED) is 0.271. The van der Waals surface area contributed by atoms with E-state index in [-0.39, 0.29) is 17.9 Å². The van der Waals surface area contributed by atoms with E-state index in [2.05, 4.69) is 4.98 Å². The first-order valence-electron chi connectivity index (χ1n) is 8.40. The minimum absolute atomic E-state index is 0.0107. The van der Waals surface area contributed by atoms with Crippen LogP contribution >= 0.6 is 11.8 Å². The van der Waals surface area contributed by atoms with E-state index in [1.807, 2.05) is 13.0 Å². The van der Waals surface area contributed by atoms with Crippen molar-refractivity contribution in [2.75, 3.05) is 0 Å². The molecular weight excluding hydrogens is 382 g/mol. The molecule has 3 rings (SSSR count). The SMILES string of the molecule is Cc1ccc2nc(COC(=O)[C@@H](C)Sc3ccc([N+](=O)[O-])cc3)cc(=O)n2c1. The number of nitro benzene ring substituents is 1. The Hall–Kier alpha value is -3.20. The van der Waals surface area contributed by atoms with Crippen LogP contribution in [-0.4, -0.2) is 25.5 Å². The van der Waals surface area contributed by atoms with E-state index in [0.717, 1.165) is 5.56 Å². The van der Waals surface area contributed by atoms with Gasteiger partial charge >= 0.3 is 5.97 Å². The van der Waals surface area contributed by atoms with Crippen molar-refractivity contribution in [3.63, 3.8) is 0 Å². The predicted molar refractivity (Wildman–Crippen MR) is 104 cm³/mol. The number of fused-ring (bicyclic) bond motifs is 1. The minimum Gasteiger partial charge on any atom is -0.458 e. The maximum atomic E-state index is 12.2. The van der Waals surface area contributed by atoms with Crippen molar-refractivity contribution in [1.29, 1.82) is 0 Å². The molecule has 28 heavy (non-hydrogen) atoms. The van der Waals surface area contributed by atoms with Gasteiger partial charge in [-0.15, -0.1) is 11.8 Å². The Morgan fingerprint density at radius 2 is 2.00 bits per heavy atom. The largest absolute Gasteiger partial charge is 0.458 e. The summed E-state index contributed by atoms with van der Waals surface area (Å²) in [5.41, 5.74) is 1.54. The van der Waals surface area contributed by atoms with Crippen molar-refractivity contribution in [2.24, 2.45) is 0 Å². The molecule has 2 aromatic heterocycles. The lowest BCUT2D eigenvalue weighted by Crippen LogP contribution is -2.19. The van der Waals surface area contributed by atoms with Crippen LogP contribution in [0.2, 0.25) is 0 Å². The second-order valence-electron chi connectivity index (χ2n) is 6.14. The van der Waals surface area contributed by atoms with E-state index in [4.69, 9.17) is 4.74 Å². The summed E-state index contributed by atoms with van der Waals surface area (Å²) in [5, 5.41) is 10.2. The summed E-state index contributed by atoms with van der Waals surface area (Å²) in [4.78, 5) is 39.7. The molecule has 0 saturated carbocycles. The standard InChI is InChI=1S/C19H17N3O5S/c1-12-3-8-17-20-14(9-18(23)21(17)10-12)11-27-19(24)13(2)28-16-6-4-15(5-7-16)22(25)26/h3-10,13H,11H2,1-2H3/t13-/m1/s1. The Labute approximate surface area is 164 Å². The predicted octanol–water partition coefficient (Wildman–Crippen LogP) is 3.14. The molecule has 1 aromatic carbocycles. The van der Waals surface area contributed by atoms with E-state index < -0.39 is 16.1 Å². The number of ether oxygens (including phenoxy) is 1. The van der Waals surface area contributed by atoms with Crippen LogP contribution in [0.5, 0.6) is 0 Å². The van der Waals surface area contributed by atoms with Crippen molar-refractivity contribution in [3.05, 3.63) is 80.4 Å². The molecule has 9 heteroatoms. The summed E-state index contributed by atoms with van der Waals surface area (Å²) >= 11 is 1.23. The van der Waals surface area contributed by atoms with Gasteiger partial charge in [0.05, 0.1) is 10.6 Å². The summed E-state index contributed by atoms with van der Waals surface area (Å²) in [6.45, 7) is 3.45. The highest BCUT2D eigenvalue weighted by Gasteiger charge is 2.17. The summed E-state index contributed by atoms with van der Waals surface area (Å²) in [5.74, 6) is -0.464. The van der Waals surface area contributed by atoms with Crippen LogP contribution in [0.25, 0.3) is 5.65 Å². The fourth-order valence-corrected chi connectivity index (χ4v) is 3.36. The molecule has 0 unspecified atom stereocenters. The van der Waals surface area contributed by atoms with Crippen LogP contribution in [0.15, 0.2) is 58.4 Å². The molecule has 0 N–H and O–H groups in total. The molecule has 0 spiro atoms. The van der Waals surface area contributed by atoms with Crippen LogP contribution in [0, 0.1) is 17.0 Å². The number of carbonyl (C=O) groups excluding carboxylic acids is 1. The number of aryl methyl sites for hydroxylation is 1. The Kier molecular flexibility index (Phi) is 5.74.